The van der Waals surface area contributed by atoms with Gasteiger partial charge in [-0.15, -0.1) is 0 Å². The first-order chi connectivity index (χ1) is 6.15. The van der Waals surface area contributed by atoms with Gasteiger partial charge in [-0.1, -0.05) is 28.1 Å². The van der Waals surface area contributed by atoms with E-state index in [0.717, 1.165) is 13.6 Å². The van der Waals surface area contributed by atoms with Gasteiger partial charge in [0.25, 0.3) is 0 Å². The van der Waals surface area contributed by atoms with Gasteiger partial charge in [0.2, 0.25) is 0 Å². The van der Waals surface area contributed by atoms with E-state index in [2.05, 4.69) is 54.5 Å². The summed E-state index contributed by atoms with van der Waals surface area (Å²) < 4.78 is 2.17. The highest BCUT2D eigenvalue weighted by Crippen LogP contribution is 2.22. The second-order valence-corrected chi connectivity index (χ2v) is 5.06. The zero-order valence-corrected chi connectivity index (χ0v) is 12.0. The summed E-state index contributed by atoms with van der Waals surface area (Å²) in [4.78, 5) is 11.2. The molecule has 0 heterocycles. The van der Waals surface area contributed by atoms with Crippen molar-refractivity contribution in [2.75, 3.05) is 5.33 Å². The average molecular weight is 418 g/mol. The van der Waals surface area contributed by atoms with Gasteiger partial charge in [-0.25, -0.2) is 0 Å². The molecular formula is C9H7Br2IO. The maximum Gasteiger partial charge on any atom is 0.147 e. The van der Waals surface area contributed by atoms with Crippen molar-refractivity contribution in [1.82, 2.24) is 0 Å². The van der Waals surface area contributed by atoms with Gasteiger partial charge in [-0.2, -0.15) is 0 Å². The van der Waals surface area contributed by atoms with Crippen molar-refractivity contribution in [2.45, 2.75) is 6.42 Å². The van der Waals surface area contributed by atoms with E-state index in [-0.39, 0.29) is 5.78 Å². The van der Waals surface area contributed by atoms with Crippen LogP contribution in [0.25, 0.3) is 0 Å². The topological polar surface area (TPSA) is 17.1 Å². The Kier molecular flexibility index (Phi) is 4.89. The lowest BCUT2D eigenvalue weighted by molar-refractivity contribution is -0.115. The molecule has 0 N–H and O–H groups in total. The number of rotatable bonds is 3. The van der Waals surface area contributed by atoms with Crippen LogP contribution in [0.2, 0.25) is 0 Å². The number of carbonyl (C=O) groups excluding carboxylic acids is 1. The molecule has 0 spiro atoms. The molecular weight excluding hydrogens is 411 g/mol. The predicted octanol–water partition coefficient (Wildman–Crippen LogP) is 3.56. The lowest BCUT2D eigenvalue weighted by Gasteiger charge is -2.03. The van der Waals surface area contributed by atoms with E-state index in [1.54, 1.807) is 0 Å². The molecule has 0 aliphatic carbocycles. The van der Waals surface area contributed by atoms with Crippen molar-refractivity contribution in [2.24, 2.45) is 0 Å². The second kappa shape index (κ2) is 5.46. The maximum atomic E-state index is 11.2. The fourth-order valence-corrected chi connectivity index (χ4v) is 2.10. The van der Waals surface area contributed by atoms with Gasteiger partial charge in [0.1, 0.15) is 5.78 Å². The molecule has 0 saturated carbocycles. The largest absolute Gasteiger partial charge is 0.298 e. The molecule has 13 heavy (non-hydrogen) atoms. The van der Waals surface area contributed by atoms with Gasteiger partial charge in [-0.3, -0.25) is 4.79 Å². The molecule has 0 aliphatic rings. The number of hydrogen-bond acceptors (Lipinski definition) is 1. The van der Waals surface area contributed by atoms with E-state index >= 15 is 0 Å². The molecule has 0 unspecified atom stereocenters. The van der Waals surface area contributed by atoms with Crippen LogP contribution < -0.4 is 0 Å². The van der Waals surface area contributed by atoms with Gasteiger partial charge in [-0.05, 0) is 50.2 Å². The third kappa shape index (κ3) is 3.32. The molecule has 0 atom stereocenters. The summed E-state index contributed by atoms with van der Waals surface area (Å²) in [6, 6.07) is 5.90. The van der Waals surface area contributed by atoms with Crippen LogP contribution in [0.4, 0.5) is 0 Å². The van der Waals surface area contributed by atoms with Crippen LogP contribution in [0, 0.1) is 3.57 Å². The van der Waals surface area contributed by atoms with Crippen LogP contribution in [0.5, 0.6) is 0 Å². The van der Waals surface area contributed by atoms with Crippen LogP contribution in [0.15, 0.2) is 22.7 Å². The molecule has 0 fully saturated rings. The molecule has 1 rings (SSSR count). The Hall–Kier alpha value is 0.580. The second-order valence-electron chi connectivity index (χ2n) is 2.56. The van der Waals surface area contributed by atoms with Crippen LogP contribution in [-0.4, -0.2) is 11.1 Å². The Bertz CT molecular complexity index is 325. The molecule has 0 aromatic heterocycles. The van der Waals surface area contributed by atoms with Gasteiger partial charge >= 0.3 is 0 Å². The van der Waals surface area contributed by atoms with E-state index < -0.39 is 0 Å². The number of halogens is 3. The first-order valence-corrected chi connectivity index (χ1v) is 6.65. The summed E-state index contributed by atoms with van der Waals surface area (Å²) in [5.74, 6) is 0.205. The smallest absolute Gasteiger partial charge is 0.147 e. The molecule has 0 amide bonds. The quantitative estimate of drug-likeness (QED) is 0.543. The van der Waals surface area contributed by atoms with Gasteiger partial charge in [0.05, 0.1) is 5.33 Å². The molecule has 1 aromatic carbocycles. The molecule has 4 heteroatoms. The SMILES string of the molecule is O=C(CBr)Cc1cccc(Br)c1I. The average Bonchev–Trinajstić information content (AvgIpc) is 2.13. The minimum atomic E-state index is 0.205. The summed E-state index contributed by atoms with van der Waals surface area (Å²) in [6.45, 7) is 0. The highest BCUT2D eigenvalue weighted by Gasteiger charge is 2.07. The van der Waals surface area contributed by atoms with Gasteiger partial charge < -0.3 is 0 Å². The predicted molar refractivity (Wildman–Crippen MR) is 69.4 cm³/mol. The number of carbonyl (C=O) groups is 1. The highest BCUT2D eigenvalue weighted by atomic mass is 127. The highest BCUT2D eigenvalue weighted by molar-refractivity contribution is 14.1. The Labute approximate surface area is 108 Å². The molecule has 0 aliphatic heterocycles. The summed E-state index contributed by atoms with van der Waals surface area (Å²) in [5.41, 5.74) is 1.08. The normalized spacial score (nSPS) is 10.1. The Morgan fingerprint density at radius 1 is 1.46 bits per heavy atom. The van der Waals surface area contributed by atoms with Crippen molar-refractivity contribution >= 4 is 60.2 Å². The number of Topliss-reactive ketones (excluding diaryl/α,β-unsaturated/α-hetero) is 1. The zero-order chi connectivity index (χ0) is 9.84. The summed E-state index contributed by atoms with van der Waals surface area (Å²) >= 11 is 8.82. The molecule has 1 aromatic rings. The van der Waals surface area contributed by atoms with E-state index in [0.29, 0.717) is 11.8 Å². The van der Waals surface area contributed by atoms with E-state index in [1.165, 1.54) is 0 Å². The Morgan fingerprint density at radius 3 is 2.77 bits per heavy atom. The fourth-order valence-electron chi connectivity index (χ4n) is 0.945. The van der Waals surface area contributed by atoms with Gasteiger partial charge in [0.15, 0.2) is 0 Å². The molecule has 1 nitrogen and oxygen atoms in total. The van der Waals surface area contributed by atoms with Crippen molar-refractivity contribution < 1.29 is 4.79 Å². The van der Waals surface area contributed by atoms with E-state index in [1.807, 2.05) is 18.2 Å². The van der Waals surface area contributed by atoms with E-state index in [4.69, 9.17) is 0 Å². The minimum absolute atomic E-state index is 0.205. The number of alkyl halides is 1. The molecule has 0 bridgehead atoms. The Morgan fingerprint density at radius 2 is 2.15 bits per heavy atom. The van der Waals surface area contributed by atoms with Crippen LogP contribution in [-0.2, 0) is 11.2 Å². The third-order valence-corrected chi connectivity index (χ3v) is 4.87. The lowest BCUT2D eigenvalue weighted by atomic mass is 10.1. The monoisotopic (exact) mass is 416 g/mol. The first-order valence-electron chi connectivity index (χ1n) is 3.65. The van der Waals surface area contributed by atoms with Gasteiger partial charge in [0, 0.05) is 14.5 Å². The summed E-state index contributed by atoms with van der Waals surface area (Å²) in [5, 5.41) is 0.426. The third-order valence-electron chi connectivity index (χ3n) is 1.57. The summed E-state index contributed by atoms with van der Waals surface area (Å²) in [6.07, 6.45) is 0.503. The van der Waals surface area contributed by atoms with Crippen molar-refractivity contribution in [3.05, 3.63) is 31.8 Å². The van der Waals surface area contributed by atoms with Crippen LogP contribution in [0.1, 0.15) is 5.56 Å². The van der Waals surface area contributed by atoms with Crippen molar-refractivity contribution in [3.8, 4) is 0 Å². The molecule has 0 saturated heterocycles. The number of ketones is 1. The first kappa shape index (κ1) is 11.7. The van der Waals surface area contributed by atoms with Crippen molar-refractivity contribution in [3.63, 3.8) is 0 Å². The lowest BCUT2D eigenvalue weighted by Crippen LogP contribution is -2.04. The Balaban J connectivity index is 2.89. The summed E-state index contributed by atoms with van der Waals surface area (Å²) in [7, 11) is 0. The molecule has 70 valence electrons. The molecule has 0 radical (unpaired) electrons. The number of benzene rings is 1. The minimum Gasteiger partial charge on any atom is -0.298 e. The van der Waals surface area contributed by atoms with Crippen LogP contribution in [0.3, 0.4) is 0 Å². The van der Waals surface area contributed by atoms with Crippen LogP contribution >= 0.6 is 54.5 Å². The van der Waals surface area contributed by atoms with E-state index in [9.17, 15) is 4.79 Å². The number of hydrogen-bond donors (Lipinski definition) is 0. The fraction of sp³-hybridized carbons (Fsp3) is 0.222. The van der Waals surface area contributed by atoms with Crippen molar-refractivity contribution in [1.29, 1.82) is 0 Å². The standard InChI is InChI=1S/C9H7Br2IO/c10-5-7(13)4-6-2-1-3-8(11)9(6)12/h1-3H,4-5H2. The maximum absolute atomic E-state index is 11.2. The zero-order valence-electron chi connectivity index (χ0n) is 6.69.